The average Bonchev–Trinajstić information content (AvgIpc) is 2.80. The van der Waals surface area contributed by atoms with Crippen LogP contribution in [-0.2, 0) is 4.79 Å². The van der Waals surface area contributed by atoms with E-state index in [0.717, 1.165) is 31.5 Å². The van der Waals surface area contributed by atoms with Crippen molar-refractivity contribution in [2.24, 2.45) is 0 Å². The molecule has 0 radical (unpaired) electrons. The molecule has 2 rings (SSSR count). The second kappa shape index (κ2) is 5.08. The SMILES string of the molecule is O=CC(CN1CCCC1)c1ccccc1. The van der Waals surface area contributed by atoms with E-state index >= 15 is 0 Å². The number of carbonyl (C=O) groups excluding carboxylic acids is 1. The third-order valence-electron chi connectivity index (χ3n) is 3.05. The Kier molecular flexibility index (Phi) is 3.51. The van der Waals surface area contributed by atoms with Crippen LogP contribution in [0.5, 0.6) is 0 Å². The van der Waals surface area contributed by atoms with Gasteiger partial charge in [-0.25, -0.2) is 0 Å². The molecule has 1 saturated heterocycles. The van der Waals surface area contributed by atoms with Crippen LogP contribution < -0.4 is 0 Å². The van der Waals surface area contributed by atoms with Crippen molar-refractivity contribution in [1.29, 1.82) is 0 Å². The van der Waals surface area contributed by atoms with Crippen LogP contribution in [0, 0.1) is 0 Å². The molecule has 0 aliphatic carbocycles. The average molecular weight is 203 g/mol. The van der Waals surface area contributed by atoms with Gasteiger partial charge >= 0.3 is 0 Å². The van der Waals surface area contributed by atoms with Crippen LogP contribution in [0.4, 0.5) is 0 Å². The van der Waals surface area contributed by atoms with Gasteiger partial charge in [0.05, 0.1) is 5.92 Å². The molecule has 1 unspecified atom stereocenters. The lowest BCUT2D eigenvalue weighted by Gasteiger charge is -2.19. The van der Waals surface area contributed by atoms with Crippen molar-refractivity contribution in [2.45, 2.75) is 18.8 Å². The lowest BCUT2D eigenvalue weighted by atomic mass is 10.0. The molecule has 15 heavy (non-hydrogen) atoms. The highest BCUT2D eigenvalue weighted by Gasteiger charge is 2.17. The predicted octanol–water partition coefficient (Wildman–Crippen LogP) is 2.06. The molecule has 1 heterocycles. The summed E-state index contributed by atoms with van der Waals surface area (Å²) < 4.78 is 0. The second-order valence-corrected chi connectivity index (χ2v) is 4.16. The molecule has 2 nitrogen and oxygen atoms in total. The second-order valence-electron chi connectivity index (χ2n) is 4.16. The van der Waals surface area contributed by atoms with E-state index < -0.39 is 0 Å². The topological polar surface area (TPSA) is 20.3 Å². The quantitative estimate of drug-likeness (QED) is 0.698. The summed E-state index contributed by atoms with van der Waals surface area (Å²) in [6.07, 6.45) is 3.63. The summed E-state index contributed by atoms with van der Waals surface area (Å²) in [4.78, 5) is 13.4. The summed E-state index contributed by atoms with van der Waals surface area (Å²) in [6.45, 7) is 3.18. The lowest BCUT2D eigenvalue weighted by molar-refractivity contribution is -0.109. The number of aldehydes is 1. The third-order valence-corrected chi connectivity index (χ3v) is 3.05. The predicted molar refractivity (Wildman–Crippen MR) is 60.9 cm³/mol. The maximum absolute atomic E-state index is 11.1. The molecule has 0 bridgehead atoms. The molecular formula is C13H17NO. The zero-order valence-corrected chi connectivity index (χ0v) is 8.93. The first-order valence-corrected chi connectivity index (χ1v) is 5.63. The van der Waals surface area contributed by atoms with E-state index in [9.17, 15) is 4.79 Å². The summed E-state index contributed by atoms with van der Waals surface area (Å²) >= 11 is 0. The number of likely N-dealkylation sites (tertiary alicyclic amines) is 1. The number of carbonyl (C=O) groups is 1. The lowest BCUT2D eigenvalue weighted by Crippen LogP contribution is -2.26. The van der Waals surface area contributed by atoms with E-state index in [4.69, 9.17) is 0 Å². The Bertz CT molecular complexity index is 304. The van der Waals surface area contributed by atoms with Gasteiger partial charge in [0.25, 0.3) is 0 Å². The summed E-state index contributed by atoms with van der Waals surface area (Å²) in [6, 6.07) is 10.1. The Labute approximate surface area is 90.9 Å². The van der Waals surface area contributed by atoms with Crippen molar-refractivity contribution in [3.8, 4) is 0 Å². The van der Waals surface area contributed by atoms with E-state index in [1.54, 1.807) is 0 Å². The van der Waals surface area contributed by atoms with Gasteiger partial charge in [0.2, 0.25) is 0 Å². The smallest absolute Gasteiger partial charge is 0.128 e. The minimum Gasteiger partial charge on any atom is -0.303 e. The van der Waals surface area contributed by atoms with Gasteiger partial charge in [-0.05, 0) is 31.5 Å². The van der Waals surface area contributed by atoms with E-state index in [1.807, 2.05) is 30.3 Å². The van der Waals surface area contributed by atoms with E-state index in [-0.39, 0.29) is 5.92 Å². The third kappa shape index (κ3) is 2.66. The van der Waals surface area contributed by atoms with Crippen molar-refractivity contribution >= 4 is 6.29 Å². The first kappa shape index (κ1) is 10.4. The maximum Gasteiger partial charge on any atom is 0.128 e. The monoisotopic (exact) mass is 203 g/mol. The number of hydrogen-bond acceptors (Lipinski definition) is 2. The molecular weight excluding hydrogens is 186 g/mol. The molecule has 1 aromatic carbocycles. The van der Waals surface area contributed by atoms with Crippen molar-refractivity contribution < 1.29 is 4.79 Å². The Morgan fingerprint density at radius 1 is 1.20 bits per heavy atom. The van der Waals surface area contributed by atoms with Gasteiger partial charge in [0, 0.05) is 6.54 Å². The van der Waals surface area contributed by atoms with Crippen LogP contribution in [0.1, 0.15) is 24.3 Å². The Morgan fingerprint density at radius 3 is 2.47 bits per heavy atom. The maximum atomic E-state index is 11.1. The van der Waals surface area contributed by atoms with Crippen molar-refractivity contribution in [3.63, 3.8) is 0 Å². The molecule has 1 aromatic rings. The van der Waals surface area contributed by atoms with E-state index in [0.29, 0.717) is 0 Å². The van der Waals surface area contributed by atoms with Gasteiger partial charge in [-0.1, -0.05) is 30.3 Å². The van der Waals surface area contributed by atoms with Gasteiger partial charge in [-0.15, -0.1) is 0 Å². The molecule has 0 aromatic heterocycles. The Balaban J connectivity index is 2.01. The number of benzene rings is 1. The minimum absolute atomic E-state index is 0.0456. The van der Waals surface area contributed by atoms with Crippen LogP contribution in [0.15, 0.2) is 30.3 Å². The van der Waals surface area contributed by atoms with Crippen LogP contribution >= 0.6 is 0 Å². The molecule has 2 heteroatoms. The molecule has 0 N–H and O–H groups in total. The van der Waals surface area contributed by atoms with Crippen molar-refractivity contribution in [3.05, 3.63) is 35.9 Å². The Morgan fingerprint density at radius 2 is 1.87 bits per heavy atom. The number of nitrogens with zero attached hydrogens (tertiary/aromatic N) is 1. The van der Waals surface area contributed by atoms with E-state index in [1.165, 1.54) is 12.8 Å². The largest absolute Gasteiger partial charge is 0.303 e. The molecule has 1 aliphatic rings. The molecule has 1 aliphatic heterocycles. The van der Waals surface area contributed by atoms with Crippen molar-refractivity contribution in [2.75, 3.05) is 19.6 Å². The summed E-state index contributed by atoms with van der Waals surface area (Å²) in [5, 5.41) is 0. The van der Waals surface area contributed by atoms with Crippen molar-refractivity contribution in [1.82, 2.24) is 4.90 Å². The van der Waals surface area contributed by atoms with Crippen LogP contribution in [0.25, 0.3) is 0 Å². The zero-order chi connectivity index (χ0) is 10.5. The van der Waals surface area contributed by atoms with Crippen LogP contribution in [-0.4, -0.2) is 30.8 Å². The first-order valence-electron chi connectivity index (χ1n) is 5.63. The van der Waals surface area contributed by atoms with Gasteiger partial charge < -0.3 is 9.69 Å². The molecule has 0 spiro atoms. The Hall–Kier alpha value is -1.15. The molecule has 80 valence electrons. The first-order chi connectivity index (χ1) is 7.40. The fraction of sp³-hybridized carbons (Fsp3) is 0.462. The number of hydrogen-bond donors (Lipinski definition) is 0. The van der Waals surface area contributed by atoms with Gasteiger partial charge in [0.15, 0.2) is 0 Å². The van der Waals surface area contributed by atoms with Crippen LogP contribution in [0.2, 0.25) is 0 Å². The fourth-order valence-corrected chi connectivity index (χ4v) is 2.17. The number of rotatable bonds is 4. The van der Waals surface area contributed by atoms with Gasteiger partial charge in [-0.3, -0.25) is 0 Å². The summed E-state index contributed by atoms with van der Waals surface area (Å²) in [5.74, 6) is 0.0456. The standard InChI is InChI=1S/C13H17NO/c15-11-13(10-14-8-4-5-9-14)12-6-2-1-3-7-12/h1-3,6-7,11,13H,4-5,8-10H2. The molecule has 1 atom stereocenters. The molecule has 1 fully saturated rings. The highest BCUT2D eigenvalue weighted by Crippen LogP contribution is 2.17. The normalized spacial score (nSPS) is 18.9. The fourth-order valence-electron chi connectivity index (χ4n) is 2.17. The summed E-state index contributed by atoms with van der Waals surface area (Å²) in [7, 11) is 0. The van der Waals surface area contributed by atoms with E-state index in [2.05, 4.69) is 4.90 Å². The zero-order valence-electron chi connectivity index (χ0n) is 8.93. The van der Waals surface area contributed by atoms with Gasteiger partial charge in [-0.2, -0.15) is 0 Å². The molecule has 0 amide bonds. The summed E-state index contributed by atoms with van der Waals surface area (Å²) in [5.41, 5.74) is 1.14. The highest BCUT2D eigenvalue weighted by molar-refractivity contribution is 5.62. The molecule has 0 saturated carbocycles. The minimum atomic E-state index is 0.0456. The van der Waals surface area contributed by atoms with Crippen LogP contribution in [0.3, 0.4) is 0 Å². The van der Waals surface area contributed by atoms with Gasteiger partial charge in [0.1, 0.15) is 6.29 Å². The highest BCUT2D eigenvalue weighted by atomic mass is 16.1.